The largest absolute Gasteiger partial charge is 0.357 e. The Balaban J connectivity index is 1.91. The standard InChI is InChI=1S/C16H29N3O2/c1-10(2)8-13(15(20)17-3)19-16(21)14-9-11-6-4-5-7-12(11)18-14/h10-14,18H,4-9H2,1-3H3,(H,17,20)(H,19,21). The van der Waals surface area contributed by atoms with E-state index in [0.717, 1.165) is 6.42 Å². The Morgan fingerprint density at radius 2 is 1.95 bits per heavy atom. The molecular weight excluding hydrogens is 266 g/mol. The first-order valence-electron chi connectivity index (χ1n) is 8.29. The molecule has 3 N–H and O–H groups in total. The van der Waals surface area contributed by atoms with E-state index in [0.29, 0.717) is 24.3 Å². The van der Waals surface area contributed by atoms with E-state index >= 15 is 0 Å². The number of nitrogens with one attached hydrogen (secondary N) is 3. The number of hydrogen-bond donors (Lipinski definition) is 3. The van der Waals surface area contributed by atoms with Crippen molar-refractivity contribution in [1.29, 1.82) is 0 Å². The fourth-order valence-electron chi connectivity index (χ4n) is 3.67. The molecule has 120 valence electrons. The maximum Gasteiger partial charge on any atom is 0.242 e. The molecule has 4 atom stereocenters. The van der Waals surface area contributed by atoms with Gasteiger partial charge < -0.3 is 16.0 Å². The zero-order valence-corrected chi connectivity index (χ0v) is 13.4. The SMILES string of the molecule is CNC(=O)C(CC(C)C)NC(=O)C1CC2CCCCC2N1. The van der Waals surface area contributed by atoms with Gasteiger partial charge in [-0.3, -0.25) is 9.59 Å². The summed E-state index contributed by atoms with van der Waals surface area (Å²) in [6.45, 7) is 4.12. The highest BCUT2D eigenvalue weighted by Gasteiger charge is 2.39. The number of rotatable bonds is 5. The molecule has 0 aromatic rings. The molecule has 5 nitrogen and oxygen atoms in total. The quantitative estimate of drug-likeness (QED) is 0.713. The molecule has 21 heavy (non-hydrogen) atoms. The first-order chi connectivity index (χ1) is 10.0. The van der Waals surface area contributed by atoms with E-state index in [2.05, 4.69) is 29.8 Å². The van der Waals surface area contributed by atoms with E-state index in [1.807, 2.05) is 0 Å². The summed E-state index contributed by atoms with van der Waals surface area (Å²) in [4.78, 5) is 24.3. The predicted molar refractivity (Wildman–Crippen MR) is 82.7 cm³/mol. The van der Waals surface area contributed by atoms with Crippen LogP contribution in [0.5, 0.6) is 0 Å². The molecule has 0 radical (unpaired) electrons. The minimum atomic E-state index is -0.424. The first-order valence-corrected chi connectivity index (χ1v) is 8.29. The maximum absolute atomic E-state index is 12.4. The number of fused-ring (bicyclic) bond motifs is 1. The van der Waals surface area contributed by atoms with Crippen LogP contribution in [-0.4, -0.2) is 37.0 Å². The van der Waals surface area contributed by atoms with E-state index in [-0.39, 0.29) is 17.9 Å². The molecule has 1 saturated carbocycles. The monoisotopic (exact) mass is 295 g/mol. The predicted octanol–water partition coefficient (Wildman–Crippen LogP) is 1.18. The van der Waals surface area contributed by atoms with Crippen molar-refractivity contribution in [1.82, 2.24) is 16.0 Å². The van der Waals surface area contributed by atoms with Crippen LogP contribution >= 0.6 is 0 Å². The molecular formula is C16H29N3O2. The molecule has 1 aliphatic carbocycles. The average Bonchev–Trinajstić information content (AvgIpc) is 2.89. The van der Waals surface area contributed by atoms with Crippen LogP contribution in [-0.2, 0) is 9.59 Å². The van der Waals surface area contributed by atoms with Gasteiger partial charge in [-0.2, -0.15) is 0 Å². The molecule has 4 unspecified atom stereocenters. The van der Waals surface area contributed by atoms with Crippen LogP contribution in [0, 0.1) is 11.8 Å². The molecule has 0 aromatic carbocycles. The van der Waals surface area contributed by atoms with Crippen molar-refractivity contribution in [3.8, 4) is 0 Å². The summed E-state index contributed by atoms with van der Waals surface area (Å²) in [7, 11) is 1.62. The lowest BCUT2D eigenvalue weighted by Crippen LogP contribution is -2.52. The molecule has 1 heterocycles. The fraction of sp³-hybridized carbons (Fsp3) is 0.875. The molecule has 2 amide bonds. The number of amides is 2. The van der Waals surface area contributed by atoms with Crippen molar-refractivity contribution in [3.05, 3.63) is 0 Å². The Kier molecular flexibility index (Phi) is 5.62. The third-order valence-electron chi connectivity index (χ3n) is 4.77. The molecule has 0 bridgehead atoms. The average molecular weight is 295 g/mol. The fourth-order valence-corrected chi connectivity index (χ4v) is 3.67. The second-order valence-electron chi connectivity index (χ2n) is 6.91. The van der Waals surface area contributed by atoms with Gasteiger partial charge in [-0.05, 0) is 37.5 Å². The van der Waals surface area contributed by atoms with Gasteiger partial charge in [0.25, 0.3) is 0 Å². The summed E-state index contributed by atoms with van der Waals surface area (Å²) in [6, 6.07) is -0.0533. The molecule has 5 heteroatoms. The Morgan fingerprint density at radius 3 is 2.57 bits per heavy atom. The third kappa shape index (κ3) is 4.19. The number of hydrogen-bond acceptors (Lipinski definition) is 3. The van der Waals surface area contributed by atoms with Gasteiger partial charge in [0.05, 0.1) is 6.04 Å². The topological polar surface area (TPSA) is 70.2 Å². The van der Waals surface area contributed by atoms with Gasteiger partial charge in [-0.25, -0.2) is 0 Å². The number of carbonyl (C=O) groups excluding carboxylic acids is 2. The highest BCUT2D eigenvalue weighted by atomic mass is 16.2. The highest BCUT2D eigenvalue weighted by Crippen LogP contribution is 2.33. The second kappa shape index (κ2) is 7.25. The van der Waals surface area contributed by atoms with E-state index in [4.69, 9.17) is 0 Å². The lowest BCUT2D eigenvalue weighted by molar-refractivity contribution is -0.130. The van der Waals surface area contributed by atoms with Crippen LogP contribution in [0.1, 0.15) is 52.4 Å². The van der Waals surface area contributed by atoms with E-state index in [1.54, 1.807) is 7.05 Å². The summed E-state index contributed by atoms with van der Waals surface area (Å²) in [6.07, 6.45) is 6.54. The van der Waals surface area contributed by atoms with Gasteiger partial charge >= 0.3 is 0 Å². The van der Waals surface area contributed by atoms with E-state index in [9.17, 15) is 9.59 Å². The van der Waals surface area contributed by atoms with E-state index < -0.39 is 6.04 Å². The summed E-state index contributed by atoms with van der Waals surface area (Å²) < 4.78 is 0. The lowest BCUT2D eigenvalue weighted by Gasteiger charge is -2.24. The minimum absolute atomic E-state index is 0.0151. The summed E-state index contributed by atoms with van der Waals surface area (Å²) in [5.74, 6) is 0.885. The number of carbonyl (C=O) groups is 2. The molecule has 0 aromatic heterocycles. The molecule has 1 saturated heterocycles. The van der Waals surface area contributed by atoms with Crippen LogP contribution in [0.2, 0.25) is 0 Å². The molecule has 2 fully saturated rings. The van der Waals surface area contributed by atoms with Gasteiger partial charge in [-0.1, -0.05) is 26.7 Å². The van der Waals surface area contributed by atoms with Crippen LogP contribution in [0.3, 0.4) is 0 Å². The summed E-state index contributed by atoms with van der Waals surface area (Å²) in [5.41, 5.74) is 0. The molecule has 1 aliphatic heterocycles. The van der Waals surface area contributed by atoms with Crippen LogP contribution in [0.25, 0.3) is 0 Å². The second-order valence-corrected chi connectivity index (χ2v) is 6.91. The van der Waals surface area contributed by atoms with Crippen molar-refractivity contribution < 1.29 is 9.59 Å². The smallest absolute Gasteiger partial charge is 0.242 e. The Labute approximate surface area is 127 Å². The van der Waals surface area contributed by atoms with Crippen LogP contribution in [0.15, 0.2) is 0 Å². The Bertz CT molecular complexity index is 370. The van der Waals surface area contributed by atoms with Crippen LogP contribution < -0.4 is 16.0 Å². The zero-order valence-electron chi connectivity index (χ0n) is 13.4. The maximum atomic E-state index is 12.4. The van der Waals surface area contributed by atoms with Gasteiger partial charge in [0.15, 0.2) is 0 Å². The molecule has 2 aliphatic rings. The van der Waals surface area contributed by atoms with Crippen molar-refractivity contribution >= 4 is 11.8 Å². The van der Waals surface area contributed by atoms with Crippen LogP contribution in [0.4, 0.5) is 0 Å². The van der Waals surface area contributed by atoms with Gasteiger partial charge in [0.1, 0.15) is 6.04 Å². The van der Waals surface area contributed by atoms with Gasteiger partial charge in [0.2, 0.25) is 11.8 Å². The first kappa shape index (κ1) is 16.3. The highest BCUT2D eigenvalue weighted by molar-refractivity contribution is 5.89. The van der Waals surface area contributed by atoms with Crippen molar-refractivity contribution in [2.45, 2.75) is 70.5 Å². The Morgan fingerprint density at radius 1 is 1.24 bits per heavy atom. The van der Waals surface area contributed by atoms with Gasteiger partial charge in [0, 0.05) is 13.1 Å². The number of likely N-dealkylation sites (N-methyl/N-ethyl adjacent to an activating group) is 1. The Hall–Kier alpha value is -1.10. The van der Waals surface area contributed by atoms with Crippen molar-refractivity contribution in [2.24, 2.45) is 11.8 Å². The van der Waals surface area contributed by atoms with E-state index in [1.165, 1.54) is 25.7 Å². The zero-order chi connectivity index (χ0) is 15.4. The molecule has 0 spiro atoms. The van der Waals surface area contributed by atoms with Crippen molar-refractivity contribution in [3.63, 3.8) is 0 Å². The van der Waals surface area contributed by atoms with Crippen molar-refractivity contribution in [2.75, 3.05) is 7.05 Å². The normalized spacial score (nSPS) is 29.8. The summed E-state index contributed by atoms with van der Waals surface area (Å²) >= 11 is 0. The van der Waals surface area contributed by atoms with Gasteiger partial charge in [-0.15, -0.1) is 0 Å². The third-order valence-corrected chi connectivity index (χ3v) is 4.77. The lowest BCUT2D eigenvalue weighted by atomic mass is 9.85. The summed E-state index contributed by atoms with van der Waals surface area (Å²) in [5, 5.41) is 9.04. The molecule has 2 rings (SSSR count). The minimum Gasteiger partial charge on any atom is -0.357 e.